The molecule has 0 saturated carbocycles. The molecular weight excluding hydrogens is 450 g/mol. The Hall–Kier alpha value is -3.79. The summed E-state index contributed by atoms with van der Waals surface area (Å²) in [5, 5.41) is 12.9. The summed E-state index contributed by atoms with van der Waals surface area (Å²) in [6.45, 7) is 2.13. The minimum absolute atomic E-state index is 0.0720. The molecule has 0 fully saturated rings. The molecular formula is C27H24ClN3O3. The number of aliphatic hydroxyl groups excluding tert-OH is 1. The monoisotopic (exact) mass is 473 g/mol. The molecule has 2 heterocycles. The molecule has 0 unspecified atom stereocenters. The highest BCUT2D eigenvalue weighted by molar-refractivity contribution is 6.30. The highest BCUT2D eigenvalue weighted by Crippen LogP contribution is 2.16. The molecule has 172 valence electrons. The number of hydrogen-bond donors (Lipinski definition) is 2. The molecule has 0 radical (unpaired) electrons. The second-order valence-electron chi connectivity index (χ2n) is 7.83. The highest BCUT2D eigenvalue weighted by Gasteiger charge is 2.16. The molecule has 7 heteroatoms. The Morgan fingerprint density at radius 2 is 1.94 bits per heavy atom. The summed E-state index contributed by atoms with van der Waals surface area (Å²) in [5.74, 6) is 4.99. The number of fused-ring (bicyclic) bond motifs is 1. The number of aromatic nitrogens is 1. The first-order chi connectivity index (χ1) is 16.5. The summed E-state index contributed by atoms with van der Waals surface area (Å²) in [6, 6.07) is 12.5. The number of allylic oxidation sites excluding steroid dienone is 2. The van der Waals surface area contributed by atoms with E-state index in [-0.39, 0.29) is 24.1 Å². The second-order valence-corrected chi connectivity index (χ2v) is 8.27. The summed E-state index contributed by atoms with van der Waals surface area (Å²) in [6.07, 6.45) is 9.71. The minimum Gasteiger partial charge on any atom is -0.384 e. The molecule has 2 N–H and O–H groups in total. The predicted molar refractivity (Wildman–Crippen MR) is 135 cm³/mol. The van der Waals surface area contributed by atoms with Gasteiger partial charge in [0, 0.05) is 48.3 Å². The molecule has 34 heavy (non-hydrogen) atoms. The van der Waals surface area contributed by atoms with Crippen LogP contribution in [0.2, 0.25) is 5.02 Å². The molecule has 0 aliphatic carbocycles. The average Bonchev–Trinajstić information content (AvgIpc) is 2.87. The van der Waals surface area contributed by atoms with E-state index in [1.807, 2.05) is 47.2 Å². The van der Waals surface area contributed by atoms with Crippen LogP contribution in [0.15, 0.2) is 77.9 Å². The van der Waals surface area contributed by atoms with Gasteiger partial charge in [0.05, 0.1) is 5.52 Å². The van der Waals surface area contributed by atoms with Gasteiger partial charge in [-0.1, -0.05) is 47.7 Å². The Morgan fingerprint density at radius 3 is 2.68 bits per heavy atom. The molecule has 2 aromatic carbocycles. The predicted octanol–water partition coefficient (Wildman–Crippen LogP) is 3.31. The fraction of sp³-hybridized carbons (Fsp3) is 0.185. The van der Waals surface area contributed by atoms with Crippen LogP contribution in [0, 0.1) is 11.8 Å². The van der Waals surface area contributed by atoms with Gasteiger partial charge in [0.1, 0.15) is 12.2 Å². The second kappa shape index (κ2) is 10.9. The summed E-state index contributed by atoms with van der Waals surface area (Å²) in [7, 11) is 0. The number of benzene rings is 2. The molecule has 0 saturated heterocycles. The first-order valence-electron chi connectivity index (χ1n) is 10.9. The van der Waals surface area contributed by atoms with E-state index < -0.39 is 5.91 Å². The lowest BCUT2D eigenvalue weighted by atomic mass is 10.1. The standard InChI is InChI=1S/C27H24ClN3O3/c28-22-9-6-21(7-10-22)18-29-27(34)24-19-31(15-14-30-12-2-1-3-13-30)25-11-8-20(5-4-16-32)17-23(25)26(24)33/h1-3,6-12,17,19,32H,13-16,18H2,(H,29,34). The maximum absolute atomic E-state index is 13.3. The van der Waals surface area contributed by atoms with E-state index in [2.05, 4.69) is 28.1 Å². The fourth-order valence-corrected chi connectivity index (χ4v) is 3.88. The van der Waals surface area contributed by atoms with Gasteiger partial charge < -0.3 is 19.9 Å². The Kier molecular flexibility index (Phi) is 7.48. The average molecular weight is 474 g/mol. The molecule has 0 bridgehead atoms. The van der Waals surface area contributed by atoms with Crippen molar-refractivity contribution >= 4 is 28.4 Å². The Labute approximate surface area is 202 Å². The van der Waals surface area contributed by atoms with Crippen LogP contribution < -0.4 is 10.7 Å². The SMILES string of the molecule is O=C(NCc1ccc(Cl)cc1)c1cn(CCN2C=CC=CC2)c2ccc(C#CCO)cc2c1=O. The normalized spacial score (nSPS) is 12.5. The van der Waals surface area contributed by atoms with Crippen molar-refractivity contribution in [1.29, 1.82) is 0 Å². The molecule has 0 spiro atoms. The molecule has 1 amide bonds. The number of nitrogens with one attached hydrogen (secondary N) is 1. The van der Waals surface area contributed by atoms with E-state index in [4.69, 9.17) is 16.7 Å². The summed E-state index contributed by atoms with van der Waals surface area (Å²) >= 11 is 5.93. The number of halogens is 1. The lowest BCUT2D eigenvalue weighted by Crippen LogP contribution is -2.30. The maximum Gasteiger partial charge on any atom is 0.257 e. The molecule has 1 aromatic heterocycles. The molecule has 1 aliphatic rings. The summed E-state index contributed by atoms with van der Waals surface area (Å²) in [5.41, 5.74) is 1.93. The van der Waals surface area contributed by atoms with Crippen LogP contribution in [-0.4, -0.2) is 40.2 Å². The molecule has 6 nitrogen and oxygen atoms in total. The fourth-order valence-electron chi connectivity index (χ4n) is 3.75. The van der Waals surface area contributed by atoms with Crippen LogP contribution in [0.25, 0.3) is 10.9 Å². The lowest BCUT2D eigenvalue weighted by molar-refractivity contribution is 0.0949. The number of pyridine rings is 1. The topological polar surface area (TPSA) is 74.6 Å². The van der Waals surface area contributed by atoms with E-state index >= 15 is 0 Å². The number of carbonyl (C=O) groups excluding carboxylic acids is 1. The maximum atomic E-state index is 13.3. The third kappa shape index (κ3) is 5.57. The Bertz CT molecular complexity index is 1380. The van der Waals surface area contributed by atoms with E-state index in [9.17, 15) is 9.59 Å². The van der Waals surface area contributed by atoms with Gasteiger partial charge in [-0.3, -0.25) is 9.59 Å². The molecule has 4 rings (SSSR count). The molecule has 3 aromatic rings. The van der Waals surface area contributed by atoms with Crippen molar-refractivity contribution in [2.75, 3.05) is 19.7 Å². The van der Waals surface area contributed by atoms with Gasteiger partial charge in [-0.05, 0) is 48.2 Å². The van der Waals surface area contributed by atoms with Gasteiger partial charge in [0.15, 0.2) is 0 Å². The van der Waals surface area contributed by atoms with Crippen LogP contribution in [0.5, 0.6) is 0 Å². The zero-order chi connectivity index (χ0) is 23.9. The zero-order valence-corrected chi connectivity index (χ0v) is 19.3. The van der Waals surface area contributed by atoms with E-state index in [1.54, 1.807) is 24.4 Å². The van der Waals surface area contributed by atoms with Gasteiger partial charge in [-0.2, -0.15) is 0 Å². The van der Waals surface area contributed by atoms with Gasteiger partial charge >= 0.3 is 0 Å². The number of amides is 1. The zero-order valence-electron chi connectivity index (χ0n) is 18.5. The van der Waals surface area contributed by atoms with Crippen molar-refractivity contribution in [1.82, 2.24) is 14.8 Å². The third-order valence-electron chi connectivity index (χ3n) is 5.52. The van der Waals surface area contributed by atoms with Crippen molar-refractivity contribution in [3.8, 4) is 11.8 Å². The van der Waals surface area contributed by atoms with Gasteiger partial charge in [0.25, 0.3) is 5.91 Å². The number of rotatable bonds is 6. The summed E-state index contributed by atoms with van der Waals surface area (Å²) in [4.78, 5) is 28.5. The summed E-state index contributed by atoms with van der Waals surface area (Å²) < 4.78 is 1.93. The van der Waals surface area contributed by atoms with Crippen LogP contribution >= 0.6 is 11.6 Å². The van der Waals surface area contributed by atoms with Gasteiger partial charge in [-0.25, -0.2) is 0 Å². The first kappa shape index (κ1) is 23.4. The van der Waals surface area contributed by atoms with Crippen molar-refractivity contribution < 1.29 is 9.90 Å². The smallest absolute Gasteiger partial charge is 0.257 e. The van der Waals surface area contributed by atoms with Crippen molar-refractivity contribution in [3.05, 3.63) is 105 Å². The van der Waals surface area contributed by atoms with Gasteiger partial charge in [-0.15, -0.1) is 0 Å². The van der Waals surface area contributed by atoms with Crippen LogP contribution in [-0.2, 0) is 13.1 Å². The van der Waals surface area contributed by atoms with E-state index in [1.165, 1.54) is 0 Å². The van der Waals surface area contributed by atoms with E-state index in [0.717, 1.165) is 24.2 Å². The van der Waals surface area contributed by atoms with Crippen molar-refractivity contribution in [3.63, 3.8) is 0 Å². The Balaban J connectivity index is 1.67. The van der Waals surface area contributed by atoms with Crippen LogP contribution in [0.1, 0.15) is 21.5 Å². The van der Waals surface area contributed by atoms with Crippen molar-refractivity contribution in [2.24, 2.45) is 0 Å². The van der Waals surface area contributed by atoms with Crippen LogP contribution in [0.4, 0.5) is 0 Å². The Morgan fingerprint density at radius 1 is 1.12 bits per heavy atom. The van der Waals surface area contributed by atoms with Crippen molar-refractivity contribution in [2.45, 2.75) is 13.1 Å². The van der Waals surface area contributed by atoms with Crippen LogP contribution in [0.3, 0.4) is 0 Å². The number of carbonyl (C=O) groups is 1. The van der Waals surface area contributed by atoms with E-state index in [0.29, 0.717) is 22.5 Å². The number of hydrogen-bond acceptors (Lipinski definition) is 4. The molecule has 0 atom stereocenters. The quantitative estimate of drug-likeness (QED) is 0.539. The lowest BCUT2D eigenvalue weighted by Gasteiger charge is -2.22. The highest BCUT2D eigenvalue weighted by atomic mass is 35.5. The third-order valence-corrected chi connectivity index (χ3v) is 5.77. The largest absolute Gasteiger partial charge is 0.384 e. The molecule has 1 aliphatic heterocycles. The number of nitrogens with zero attached hydrogens (tertiary/aromatic N) is 2. The van der Waals surface area contributed by atoms with Gasteiger partial charge in [0.2, 0.25) is 5.43 Å². The first-order valence-corrected chi connectivity index (χ1v) is 11.3. The number of aliphatic hydroxyl groups is 1. The minimum atomic E-state index is -0.441.